The molecule has 0 saturated heterocycles. The molecule has 1 amide bonds. The molecule has 0 saturated carbocycles. The summed E-state index contributed by atoms with van der Waals surface area (Å²) in [6.45, 7) is 0. The number of rotatable bonds is 2. The van der Waals surface area contributed by atoms with Gasteiger partial charge in [-0.2, -0.15) is 0 Å². The van der Waals surface area contributed by atoms with Crippen molar-refractivity contribution < 1.29 is 4.79 Å². The first kappa shape index (κ1) is 10.9. The lowest BCUT2D eigenvalue weighted by molar-refractivity contribution is -0.111. The van der Waals surface area contributed by atoms with Crippen molar-refractivity contribution in [1.29, 1.82) is 0 Å². The highest BCUT2D eigenvalue weighted by Gasteiger charge is 1.94. The van der Waals surface area contributed by atoms with E-state index in [9.17, 15) is 4.79 Å². The number of amides is 1. The summed E-state index contributed by atoms with van der Waals surface area (Å²) >= 11 is 10.6. The molecule has 0 aromatic heterocycles. The third-order valence-corrected chi connectivity index (χ3v) is 1.57. The Morgan fingerprint density at radius 3 is 2.50 bits per heavy atom. The van der Waals surface area contributed by atoms with Crippen molar-refractivity contribution in [3.8, 4) is 0 Å². The van der Waals surface area contributed by atoms with Crippen molar-refractivity contribution in [2.75, 3.05) is 5.32 Å². The van der Waals surface area contributed by atoms with Crippen molar-refractivity contribution in [3.05, 3.63) is 46.6 Å². The zero-order valence-electron chi connectivity index (χ0n) is 7.13. The second-order valence-electron chi connectivity index (χ2n) is 2.40. The Labute approximate surface area is 91.8 Å². The monoisotopic (exact) mass is 227 g/mol. The number of anilines is 1. The molecule has 0 atom stereocenters. The molecule has 0 heterocycles. The van der Waals surface area contributed by atoms with E-state index in [0.29, 0.717) is 5.69 Å². The molecule has 14 heavy (non-hydrogen) atoms. The topological polar surface area (TPSA) is 29.1 Å². The Hall–Kier alpha value is -1.21. The molecule has 0 aliphatic carbocycles. The molecular formula is C10H7Cl2NO. The van der Waals surface area contributed by atoms with E-state index in [-0.39, 0.29) is 10.4 Å². The van der Waals surface area contributed by atoms with E-state index in [1.807, 2.05) is 18.2 Å². The van der Waals surface area contributed by atoms with Gasteiger partial charge in [0.2, 0.25) is 0 Å². The number of carbonyl (C=O) groups is 1. The first-order chi connectivity index (χ1) is 6.68. The minimum Gasteiger partial charge on any atom is -0.322 e. The lowest BCUT2D eigenvalue weighted by Crippen LogP contribution is -2.06. The Morgan fingerprint density at radius 1 is 1.29 bits per heavy atom. The molecule has 1 aromatic rings. The van der Waals surface area contributed by atoms with Gasteiger partial charge in [-0.05, 0) is 12.1 Å². The van der Waals surface area contributed by atoms with Gasteiger partial charge >= 0.3 is 0 Å². The van der Waals surface area contributed by atoms with Crippen LogP contribution in [-0.2, 0) is 4.79 Å². The number of carbonyl (C=O) groups excluding carboxylic acids is 1. The standard InChI is InChI=1S/C10H7Cl2NO/c11-9(12)6-7-10(14)13-8-4-2-1-3-5-8/h1-5,7H,(H,13,14). The smallest absolute Gasteiger partial charge is 0.256 e. The molecule has 0 bridgehead atoms. The predicted octanol–water partition coefficient (Wildman–Crippen LogP) is 3.10. The fraction of sp³-hybridized carbons (Fsp3) is 0. The number of hydrogen-bond acceptors (Lipinski definition) is 1. The first-order valence-electron chi connectivity index (χ1n) is 3.82. The quantitative estimate of drug-likeness (QED) is 0.611. The van der Waals surface area contributed by atoms with Crippen molar-refractivity contribution >= 4 is 34.8 Å². The van der Waals surface area contributed by atoms with E-state index >= 15 is 0 Å². The largest absolute Gasteiger partial charge is 0.322 e. The zero-order valence-corrected chi connectivity index (χ0v) is 8.64. The molecular weight excluding hydrogens is 221 g/mol. The highest BCUT2D eigenvalue weighted by atomic mass is 35.5. The molecule has 0 unspecified atom stereocenters. The Bertz CT molecular complexity index is 376. The van der Waals surface area contributed by atoms with Crippen LogP contribution in [0.4, 0.5) is 5.69 Å². The summed E-state index contributed by atoms with van der Waals surface area (Å²) in [5.41, 5.74) is 3.09. The van der Waals surface area contributed by atoms with Gasteiger partial charge in [-0.1, -0.05) is 47.1 Å². The fourth-order valence-electron chi connectivity index (χ4n) is 0.820. The van der Waals surface area contributed by atoms with E-state index in [1.54, 1.807) is 12.1 Å². The van der Waals surface area contributed by atoms with Crippen LogP contribution in [0.3, 0.4) is 0 Å². The SMILES string of the molecule is O=C(C=C=C(Cl)Cl)Nc1ccccc1. The molecule has 4 heteroatoms. The third kappa shape index (κ3) is 4.15. The molecule has 1 N–H and O–H groups in total. The van der Waals surface area contributed by atoms with Crippen LogP contribution in [0.15, 0.2) is 46.6 Å². The molecule has 0 aliphatic heterocycles. The van der Waals surface area contributed by atoms with E-state index in [1.165, 1.54) is 0 Å². The predicted molar refractivity (Wildman–Crippen MR) is 58.4 cm³/mol. The van der Waals surface area contributed by atoms with Gasteiger partial charge in [0, 0.05) is 11.8 Å². The molecule has 1 rings (SSSR count). The lowest BCUT2D eigenvalue weighted by atomic mass is 10.3. The van der Waals surface area contributed by atoms with Gasteiger partial charge < -0.3 is 5.32 Å². The third-order valence-electron chi connectivity index (χ3n) is 1.35. The minimum atomic E-state index is -0.324. The molecule has 0 radical (unpaired) electrons. The summed E-state index contributed by atoms with van der Waals surface area (Å²) in [6, 6.07) is 9.06. The summed E-state index contributed by atoms with van der Waals surface area (Å²) in [6.07, 6.45) is 1.14. The van der Waals surface area contributed by atoms with Crippen molar-refractivity contribution in [3.63, 3.8) is 0 Å². The highest BCUT2D eigenvalue weighted by Crippen LogP contribution is 2.05. The molecule has 1 aromatic carbocycles. The van der Waals surface area contributed by atoms with Gasteiger partial charge in [0.1, 0.15) is 4.49 Å². The maximum Gasteiger partial charge on any atom is 0.256 e. The summed E-state index contributed by atoms with van der Waals surface area (Å²) in [5.74, 6) is -0.324. The van der Waals surface area contributed by atoms with Gasteiger partial charge in [0.25, 0.3) is 5.91 Å². The Morgan fingerprint density at radius 2 is 1.93 bits per heavy atom. The second-order valence-corrected chi connectivity index (χ2v) is 3.35. The van der Waals surface area contributed by atoms with Gasteiger partial charge in [0.15, 0.2) is 0 Å². The molecule has 0 fully saturated rings. The van der Waals surface area contributed by atoms with Gasteiger partial charge in [0.05, 0.1) is 0 Å². The lowest BCUT2D eigenvalue weighted by Gasteiger charge is -1.98. The van der Waals surface area contributed by atoms with E-state index in [0.717, 1.165) is 6.08 Å². The van der Waals surface area contributed by atoms with E-state index in [2.05, 4.69) is 11.0 Å². The molecule has 72 valence electrons. The van der Waals surface area contributed by atoms with Gasteiger partial charge in [-0.15, -0.1) is 0 Å². The zero-order chi connectivity index (χ0) is 10.4. The number of para-hydroxylation sites is 1. The maximum absolute atomic E-state index is 11.2. The van der Waals surface area contributed by atoms with Crippen LogP contribution in [0.1, 0.15) is 0 Å². The fourth-order valence-corrected chi connectivity index (χ4v) is 0.929. The maximum atomic E-state index is 11.2. The van der Waals surface area contributed by atoms with Crippen LogP contribution >= 0.6 is 23.2 Å². The summed E-state index contributed by atoms with van der Waals surface area (Å²) in [7, 11) is 0. The van der Waals surface area contributed by atoms with E-state index < -0.39 is 0 Å². The Kier molecular flexibility index (Phi) is 4.27. The average molecular weight is 228 g/mol. The summed E-state index contributed by atoms with van der Waals surface area (Å²) < 4.78 is -0.0757. The summed E-state index contributed by atoms with van der Waals surface area (Å²) in [4.78, 5) is 11.2. The first-order valence-corrected chi connectivity index (χ1v) is 4.58. The van der Waals surface area contributed by atoms with Crippen molar-refractivity contribution in [2.24, 2.45) is 0 Å². The molecule has 0 spiro atoms. The van der Waals surface area contributed by atoms with Gasteiger partial charge in [-0.25, -0.2) is 0 Å². The molecule has 2 nitrogen and oxygen atoms in total. The van der Waals surface area contributed by atoms with Crippen LogP contribution in [0.5, 0.6) is 0 Å². The number of benzene rings is 1. The summed E-state index contributed by atoms with van der Waals surface area (Å²) in [5, 5.41) is 2.61. The van der Waals surface area contributed by atoms with Gasteiger partial charge in [-0.3, -0.25) is 4.79 Å². The van der Waals surface area contributed by atoms with Crippen LogP contribution in [0, 0.1) is 0 Å². The van der Waals surface area contributed by atoms with E-state index in [4.69, 9.17) is 23.2 Å². The van der Waals surface area contributed by atoms with Crippen molar-refractivity contribution in [2.45, 2.75) is 0 Å². The molecule has 0 aliphatic rings. The number of nitrogens with one attached hydrogen (secondary N) is 1. The number of hydrogen-bond donors (Lipinski definition) is 1. The van der Waals surface area contributed by atoms with Crippen molar-refractivity contribution in [1.82, 2.24) is 0 Å². The highest BCUT2D eigenvalue weighted by molar-refractivity contribution is 6.55. The van der Waals surface area contributed by atoms with Crippen LogP contribution in [0.25, 0.3) is 0 Å². The van der Waals surface area contributed by atoms with Crippen LogP contribution < -0.4 is 5.32 Å². The van der Waals surface area contributed by atoms with Crippen LogP contribution in [-0.4, -0.2) is 5.91 Å². The average Bonchev–Trinajstić information content (AvgIpc) is 2.16. The normalized spacial score (nSPS) is 8.71. The minimum absolute atomic E-state index is 0.0757. The Balaban J connectivity index is 2.63. The van der Waals surface area contributed by atoms with Crippen LogP contribution in [0.2, 0.25) is 0 Å². The number of halogens is 2. The second kappa shape index (κ2) is 5.51.